The molecule has 1 fully saturated rings. The first-order valence-electron chi connectivity index (χ1n) is 7.77. The van der Waals surface area contributed by atoms with Crippen LogP contribution in [0.1, 0.15) is 47.1 Å². The van der Waals surface area contributed by atoms with Gasteiger partial charge in [-0.2, -0.15) is 0 Å². The van der Waals surface area contributed by atoms with Gasteiger partial charge < -0.3 is 15.0 Å². The average Bonchev–Trinajstić information content (AvgIpc) is 2.33. The Labute approximate surface area is 128 Å². The Morgan fingerprint density at radius 3 is 2.76 bits per heavy atom. The normalized spacial score (nSPS) is 22.4. The zero-order valence-electron chi connectivity index (χ0n) is 14.2. The zero-order chi connectivity index (χ0) is 15.7. The Morgan fingerprint density at radius 2 is 2.14 bits per heavy atom. The lowest BCUT2D eigenvalue weighted by atomic mass is 10.0. The fourth-order valence-electron chi connectivity index (χ4n) is 2.86. The minimum Gasteiger partial charge on any atom is -0.369 e. The molecule has 1 aromatic heterocycles. The molecule has 0 amide bonds. The summed E-state index contributed by atoms with van der Waals surface area (Å²) in [5, 5.41) is 3.55. The minimum atomic E-state index is -0.115. The topological polar surface area (TPSA) is 37.4 Å². The lowest BCUT2D eigenvalue weighted by Gasteiger charge is -2.43. The molecule has 1 atom stereocenters. The first-order valence-corrected chi connectivity index (χ1v) is 7.77. The predicted octanol–water partition coefficient (Wildman–Crippen LogP) is 2.97. The number of nitrogens with zero attached hydrogens (tertiary/aromatic N) is 2. The second-order valence-corrected chi connectivity index (χ2v) is 7.68. The van der Waals surface area contributed by atoms with Crippen LogP contribution in [-0.2, 0) is 11.3 Å². The number of pyridine rings is 1. The quantitative estimate of drug-likeness (QED) is 0.929. The molecule has 0 bridgehead atoms. The van der Waals surface area contributed by atoms with Gasteiger partial charge in [-0.05, 0) is 47.6 Å². The van der Waals surface area contributed by atoms with E-state index < -0.39 is 0 Å². The molecule has 2 heterocycles. The molecule has 0 spiro atoms. The highest BCUT2D eigenvalue weighted by atomic mass is 16.5. The summed E-state index contributed by atoms with van der Waals surface area (Å²) in [6, 6.07) is 2.12. The van der Waals surface area contributed by atoms with E-state index in [2.05, 4.69) is 62.8 Å². The van der Waals surface area contributed by atoms with Gasteiger partial charge in [-0.25, -0.2) is 0 Å². The van der Waals surface area contributed by atoms with Crippen molar-refractivity contribution in [2.24, 2.45) is 0 Å². The van der Waals surface area contributed by atoms with Crippen molar-refractivity contribution in [1.82, 2.24) is 10.3 Å². The van der Waals surface area contributed by atoms with E-state index in [1.807, 2.05) is 12.4 Å². The molecular weight excluding hydrogens is 262 g/mol. The smallest absolute Gasteiger partial charge is 0.0805 e. The Balaban J connectivity index is 2.19. The van der Waals surface area contributed by atoms with E-state index >= 15 is 0 Å². The summed E-state index contributed by atoms with van der Waals surface area (Å²) in [6.07, 6.45) is 4.09. The van der Waals surface area contributed by atoms with Gasteiger partial charge in [0.25, 0.3) is 0 Å². The molecular formula is C17H29N3O. The Bertz CT molecular complexity index is 479. The second-order valence-electron chi connectivity index (χ2n) is 7.68. The summed E-state index contributed by atoms with van der Waals surface area (Å²) in [5.74, 6) is 0. The number of nitrogens with one attached hydrogen (secondary N) is 1. The number of morpholine rings is 1. The Hall–Kier alpha value is -1.13. The summed E-state index contributed by atoms with van der Waals surface area (Å²) >= 11 is 0. The molecule has 1 aliphatic rings. The fourth-order valence-corrected chi connectivity index (χ4v) is 2.86. The van der Waals surface area contributed by atoms with Crippen molar-refractivity contribution < 1.29 is 4.74 Å². The van der Waals surface area contributed by atoms with Crippen molar-refractivity contribution in [1.29, 1.82) is 0 Å². The minimum absolute atomic E-state index is 0.102. The van der Waals surface area contributed by atoms with Gasteiger partial charge in [0.1, 0.15) is 0 Å². The molecule has 21 heavy (non-hydrogen) atoms. The van der Waals surface area contributed by atoms with Gasteiger partial charge in [0.05, 0.1) is 11.7 Å². The van der Waals surface area contributed by atoms with Crippen molar-refractivity contribution >= 4 is 5.69 Å². The van der Waals surface area contributed by atoms with Gasteiger partial charge in [0, 0.05) is 48.8 Å². The van der Waals surface area contributed by atoms with Crippen molar-refractivity contribution in [3.05, 3.63) is 24.0 Å². The van der Waals surface area contributed by atoms with Gasteiger partial charge in [0.15, 0.2) is 0 Å². The monoisotopic (exact) mass is 291 g/mol. The molecule has 1 unspecified atom stereocenters. The standard InChI is InChI=1S/C17H29N3O/c1-13-11-20(12-17(5,6)21-13)15-7-8-18-9-14(15)10-19-16(2,3)4/h7-9,13,19H,10-12H2,1-6H3. The summed E-state index contributed by atoms with van der Waals surface area (Å²) < 4.78 is 6.01. The highest BCUT2D eigenvalue weighted by Crippen LogP contribution is 2.28. The van der Waals surface area contributed by atoms with Crippen LogP contribution >= 0.6 is 0 Å². The van der Waals surface area contributed by atoms with E-state index in [1.165, 1.54) is 11.3 Å². The van der Waals surface area contributed by atoms with Crippen LogP contribution in [0.25, 0.3) is 0 Å². The number of aromatic nitrogens is 1. The van der Waals surface area contributed by atoms with Gasteiger partial charge in [-0.1, -0.05) is 0 Å². The summed E-state index contributed by atoms with van der Waals surface area (Å²) in [5.41, 5.74) is 2.50. The maximum Gasteiger partial charge on any atom is 0.0805 e. The van der Waals surface area contributed by atoms with Crippen LogP contribution in [-0.4, -0.2) is 35.3 Å². The third-order valence-corrected chi connectivity index (χ3v) is 3.60. The molecule has 4 heteroatoms. The largest absolute Gasteiger partial charge is 0.369 e. The van der Waals surface area contributed by atoms with Crippen molar-refractivity contribution in [2.75, 3.05) is 18.0 Å². The van der Waals surface area contributed by atoms with Crippen LogP contribution in [0.15, 0.2) is 18.5 Å². The van der Waals surface area contributed by atoms with Crippen molar-refractivity contribution in [3.8, 4) is 0 Å². The lowest BCUT2D eigenvalue weighted by molar-refractivity contribution is -0.0750. The van der Waals surface area contributed by atoms with Gasteiger partial charge >= 0.3 is 0 Å². The first kappa shape index (κ1) is 16.2. The summed E-state index contributed by atoms with van der Waals surface area (Å²) in [7, 11) is 0. The number of anilines is 1. The van der Waals surface area contributed by atoms with E-state index in [9.17, 15) is 0 Å². The number of rotatable bonds is 3. The molecule has 0 radical (unpaired) electrons. The molecule has 1 aliphatic heterocycles. The molecule has 1 saturated heterocycles. The zero-order valence-corrected chi connectivity index (χ0v) is 14.2. The summed E-state index contributed by atoms with van der Waals surface area (Å²) in [6.45, 7) is 15.7. The number of hydrogen-bond acceptors (Lipinski definition) is 4. The van der Waals surface area contributed by atoms with Crippen LogP contribution in [0.2, 0.25) is 0 Å². The molecule has 0 aromatic carbocycles. The van der Waals surface area contributed by atoms with E-state index in [0.29, 0.717) is 0 Å². The maximum absolute atomic E-state index is 6.01. The third-order valence-electron chi connectivity index (χ3n) is 3.60. The van der Waals surface area contributed by atoms with Crippen molar-refractivity contribution in [3.63, 3.8) is 0 Å². The Morgan fingerprint density at radius 1 is 1.43 bits per heavy atom. The van der Waals surface area contributed by atoms with Crippen LogP contribution in [0.5, 0.6) is 0 Å². The summed E-state index contributed by atoms with van der Waals surface area (Å²) in [4.78, 5) is 6.72. The SMILES string of the molecule is CC1CN(c2ccncc2CNC(C)(C)C)CC(C)(C)O1. The average molecular weight is 291 g/mol. The van der Waals surface area contributed by atoms with Crippen LogP contribution in [0.4, 0.5) is 5.69 Å². The highest BCUT2D eigenvalue weighted by molar-refractivity contribution is 5.53. The molecule has 1 aromatic rings. The van der Waals surface area contributed by atoms with Crippen LogP contribution in [0.3, 0.4) is 0 Å². The number of hydrogen-bond donors (Lipinski definition) is 1. The van der Waals surface area contributed by atoms with E-state index in [4.69, 9.17) is 4.74 Å². The van der Waals surface area contributed by atoms with Gasteiger partial charge in [-0.3, -0.25) is 4.98 Å². The predicted molar refractivity (Wildman–Crippen MR) is 87.7 cm³/mol. The molecule has 4 nitrogen and oxygen atoms in total. The fraction of sp³-hybridized carbons (Fsp3) is 0.706. The highest BCUT2D eigenvalue weighted by Gasteiger charge is 2.32. The Kier molecular flexibility index (Phi) is 4.59. The van der Waals surface area contributed by atoms with E-state index in [0.717, 1.165) is 19.6 Å². The lowest BCUT2D eigenvalue weighted by Crippen LogP contribution is -2.52. The van der Waals surface area contributed by atoms with Gasteiger partial charge in [-0.15, -0.1) is 0 Å². The van der Waals surface area contributed by atoms with Crippen LogP contribution < -0.4 is 10.2 Å². The maximum atomic E-state index is 6.01. The molecule has 0 saturated carbocycles. The molecule has 0 aliphatic carbocycles. The second kappa shape index (κ2) is 5.93. The first-order chi connectivity index (χ1) is 9.66. The number of ether oxygens (including phenoxy) is 1. The molecule has 118 valence electrons. The van der Waals surface area contributed by atoms with E-state index in [-0.39, 0.29) is 17.2 Å². The third kappa shape index (κ3) is 4.68. The molecule has 1 N–H and O–H groups in total. The van der Waals surface area contributed by atoms with Gasteiger partial charge in [0.2, 0.25) is 0 Å². The van der Waals surface area contributed by atoms with E-state index in [1.54, 1.807) is 0 Å². The van der Waals surface area contributed by atoms with Crippen LogP contribution in [0, 0.1) is 0 Å². The molecule has 2 rings (SSSR count). The van der Waals surface area contributed by atoms with Crippen molar-refractivity contribution in [2.45, 2.75) is 65.3 Å².